The molecule has 3 nitrogen and oxygen atoms in total. The Morgan fingerprint density at radius 1 is 1.29 bits per heavy atom. The fraction of sp³-hybridized carbons (Fsp3) is 0.625. The standard InChI is InChI=1S/C16H25F2N3/c1-16(2)11-21(10-9-20(16)3)8-7-14(19)12-5-4-6-13(17)15(12)18/h4-6,14H,7-11,19H2,1-3H3. The molecule has 0 amide bonds. The highest BCUT2D eigenvalue weighted by molar-refractivity contribution is 5.22. The van der Waals surface area contributed by atoms with E-state index in [4.69, 9.17) is 5.73 Å². The molecule has 1 fully saturated rings. The van der Waals surface area contributed by atoms with Gasteiger partial charge in [-0.15, -0.1) is 0 Å². The number of nitrogens with zero attached hydrogens (tertiary/aromatic N) is 2. The lowest BCUT2D eigenvalue weighted by atomic mass is 9.98. The number of rotatable bonds is 4. The molecular formula is C16H25F2N3. The van der Waals surface area contributed by atoms with Gasteiger partial charge in [0, 0.05) is 43.3 Å². The van der Waals surface area contributed by atoms with E-state index in [1.165, 1.54) is 6.07 Å². The summed E-state index contributed by atoms with van der Waals surface area (Å²) < 4.78 is 26.9. The third-order valence-electron chi connectivity index (χ3n) is 4.53. The molecule has 21 heavy (non-hydrogen) atoms. The molecule has 1 aliphatic heterocycles. The highest BCUT2D eigenvalue weighted by atomic mass is 19.2. The van der Waals surface area contributed by atoms with Gasteiger partial charge in [0.05, 0.1) is 0 Å². The normalized spacial score (nSPS) is 21.4. The highest BCUT2D eigenvalue weighted by Crippen LogP contribution is 2.23. The van der Waals surface area contributed by atoms with Gasteiger partial charge >= 0.3 is 0 Å². The Hall–Kier alpha value is -1.04. The van der Waals surface area contributed by atoms with Crippen molar-refractivity contribution in [3.05, 3.63) is 35.4 Å². The molecule has 2 rings (SSSR count). The Balaban J connectivity index is 1.93. The van der Waals surface area contributed by atoms with Gasteiger partial charge in [-0.2, -0.15) is 0 Å². The van der Waals surface area contributed by atoms with Crippen molar-refractivity contribution in [2.45, 2.75) is 31.8 Å². The van der Waals surface area contributed by atoms with Gasteiger partial charge in [-0.05, 0) is 33.4 Å². The van der Waals surface area contributed by atoms with E-state index in [1.807, 2.05) is 0 Å². The molecule has 1 atom stereocenters. The van der Waals surface area contributed by atoms with E-state index >= 15 is 0 Å². The molecule has 1 aromatic rings. The summed E-state index contributed by atoms with van der Waals surface area (Å²) in [6.45, 7) is 8.18. The number of benzene rings is 1. The van der Waals surface area contributed by atoms with E-state index in [2.05, 4.69) is 30.7 Å². The third-order valence-corrected chi connectivity index (χ3v) is 4.53. The molecular weight excluding hydrogens is 272 g/mol. The maximum atomic E-state index is 13.7. The summed E-state index contributed by atoms with van der Waals surface area (Å²) in [5.41, 5.74) is 6.43. The number of likely N-dealkylation sites (N-methyl/N-ethyl adjacent to an activating group) is 1. The van der Waals surface area contributed by atoms with Gasteiger partial charge in [0.15, 0.2) is 11.6 Å². The van der Waals surface area contributed by atoms with Crippen LogP contribution in [0.3, 0.4) is 0 Å². The zero-order chi connectivity index (χ0) is 15.6. The smallest absolute Gasteiger partial charge is 0.163 e. The summed E-state index contributed by atoms with van der Waals surface area (Å²) in [5, 5.41) is 0. The molecule has 0 aromatic heterocycles. The van der Waals surface area contributed by atoms with Gasteiger partial charge in [-0.3, -0.25) is 4.90 Å². The van der Waals surface area contributed by atoms with Gasteiger partial charge in [0.25, 0.3) is 0 Å². The minimum Gasteiger partial charge on any atom is -0.324 e. The molecule has 5 heteroatoms. The average molecular weight is 297 g/mol. The predicted octanol–water partition coefficient (Wildman–Crippen LogP) is 2.38. The second-order valence-corrected chi connectivity index (χ2v) is 6.55. The summed E-state index contributed by atoms with van der Waals surface area (Å²) in [7, 11) is 2.13. The summed E-state index contributed by atoms with van der Waals surface area (Å²) in [5.74, 6) is -1.65. The van der Waals surface area contributed by atoms with E-state index in [-0.39, 0.29) is 11.1 Å². The van der Waals surface area contributed by atoms with E-state index in [0.717, 1.165) is 32.2 Å². The summed E-state index contributed by atoms with van der Waals surface area (Å²) in [6, 6.07) is 3.72. The molecule has 1 saturated heterocycles. The van der Waals surface area contributed by atoms with Crippen molar-refractivity contribution in [1.82, 2.24) is 9.80 Å². The maximum Gasteiger partial charge on any atom is 0.163 e. The van der Waals surface area contributed by atoms with E-state index in [9.17, 15) is 8.78 Å². The van der Waals surface area contributed by atoms with Crippen LogP contribution in [0, 0.1) is 11.6 Å². The molecule has 1 aromatic carbocycles. The van der Waals surface area contributed by atoms with Gasteiger partial charge in [-0.1, -0.05) is 12.1 Å². The lowest BCUT2D eigenvalue weighted by Gasteiger charge is -2.45. The van der Waals surface area contributed by atoms with Crippen molar-refractivity contribution in [1.29, 1.82) is 0 Å². The largest absolute Gasteiger partial charge is 0.324 e. The van der Waals surface area contributed by atoms with Crippen LogP contribution in [-0.2, 0) is 0 Å². The Morgan fingerprint density at radius 3 is 2.67 bits per heavy atom. The van der Waals surface area contributed by atoms with Crippen LogP contribution >= 0.6 is 0 Å². The average Bonchev–Trinajstić information content (AvgIpc) is 2.42. The number of hydrogen-bond donors (Lipinski definition) is 1. The minimum absolute atomic E-state index is 0.131. The molecule has 0 radical (unpaired) electrons. The number of hydrogen-bond acceptors (Lipinski definition) is 3. The molecule has 2 N–H and O–H groups in total. The molecule has 1 heterocycles. The fourth-order valence-electron chi connectivity index (χ4n) is 2.82. The van der Waals surface area contributed by atoms with Crippen molar-refractivity contribution in [2.75, 3.05) is 33.2 Å². The lowest BCUT2D eigenvalue weighted by Crippen LogP contribution is -2.57. The van der Waals surface area contributed by atoms with Crippen LogP contribution in [0.15, 0.2) is 18.2 Å². The first-order valence-corrected chi connectivity index (χ1v) is 7.44. The monoisotopic (exact) mass is 297 g/mol. The van der Waals surface area contributed by atoms with Crippen LogP contribution in [0.5, 0.6) is 0 Å². The molecule has 0 aliphatic carbocycles. The molecule has 0 saturated carbocycles. The summed E-state index contributed by atoms with van der Waals surface area (Å²) >= 11 is 0. The Kier molecular flexibility index (Phi) is 4.96. The van der Waals surface area contributed by atoms with Gasteiger partial charge in [0.2, 0.25) is 0 Å². The second kappa shape index (κ2) is 6.38. The van der Waals surface area contributed by atoms with Crippen molar-refractivity contribution in [3.63, 3.8) is 0 Å². The van der Waals surface area contributed by atoms with Crippen molar-refractivity contribution < 1.29 is 8.78 Å². The van der Waals surface area contributed by atoms with Crippen LogP contribution in [-0.4, -0.2) is 48.6 Å². The number of halogens is 2. The zero-order valence-electron chi connectivity index (χ0n) is 13.1. The first-order chi connectivity index (χ1) is 9.81. The van der Waals surface area contributed by atoms with Crippen molar-refractivity contribution >= 4 is 0 Å². The van der Waals surface area contributed by atoms with Gasteiger partial charge < -0.3 is 10.6 Å². The third kappa shape index (κ3) is 3.78. The first-order valence-electron chi connectivity index (χ1n) is 7.44. The van der Waals surface area contributed by atoms with Gasteiger partial charge in [-0.25, -0.2) is 8.78 Å². The van der Waals surface area contributed by atoms with Crippen LogP contribution in [0.25, 0.3) is 0 Å². The molecule has 1 aliphatic rings. The van der Waals surface area contributed by atoms with Gasteiger partial charge in [0.1, 0.15) is 0 Å². The topological polar surface area (TPSA) is 32.5 Å². The van der Waals surface area contributed by atoms with Crippen LogP contribution < -0.4 is 5.73 Å². The highest BCUT2D eigenvalue weighted by Gasteiger charge is 2.30. The van der Waals surface area contributed by atoms with E-state index in [0.29, 0.717) is 6.42 Å². The molecule has 0 spiro atoms. The number of piperazine rings is 1. The zero-order valence-corrected chi connectivity index (χ0v) is 13.1. The second-order valence-electron chi connectivity index (χ2n) is 6.55. The van der Waals surface area contributed by atoms with Crippen molar-refractivity contribution in [3.8, 4) is 0 Å². The quantitative estimate of drug-likeness (QED) is 0.926. The Morgan fingerprint density at radius 2 is 2.00 bits per heavy atom. The van der Waals surface area contributed by atoms with Crippen LogP contribution in [0.2, 0.25) is 0 Å². The first kappa shape index (κ1) is 16.3. The van der Waals surface area contributed by atoms with E-state index in [1.54, 1.807) is 6.07 Å². The summed E-state index contributed by atoms with van der Waals surface area (Å²) in [4.78, 5) is 4.69. The number of nitrogens with two attached hydrogens (primary N) is 1. The molecule has 1 unspecified atom stereocenters. The maximum absolute atomic E-state index is 13.7. The van der Waals surface area contributed by atoms with E-state index < -0.39 is 17.7 Å². The Labute approximate surface area is 125 Å². The SMILES string of the molecule is CN1CCN(CCC(N)c2cccc(F)c2F)CC1(C)C. The molecule has 0 bridgehead atoms. The predicted molar refractivity (Wildman–Crippen MR) is 81.1 cm³/mol. The summed E-state index contributed by atoms with van der Waals surface area (Å²) in [6.07, 6.45) is 0.625. The van der Waals surface area contributed by atoms with Crippen LogP contribution in [0.1, 0.15) is 31.9 Å². The Bertz CT molecular complexity index is 490. The van der Waals surface area contributed by atoms with Crippen molar-refractivity contribution in [2.24, 2.45) is 5.73 Å². The lowest BCUT2D eigenvalue weighted by molar-refractivity contribution is 0.0386. The van der Waals surface area contributed by atoms with Crippen LogP contribution in [0.4, 0.5) is 8.78 Å². The fourth-order valence-corrected chi connectivity index (χ4v) is 2.82. The minimum atomic E-state index is -0.830. The molecule has 118 valence electrons.